The van der Waals surface area contributed by atoms with Crippen molar-refractivity contribution in [1.82, 2.24) is 19.6 Å². The molecular formula is C24H44N4O8. The monoisotopic (exact) mass is 516 g/mol. The summed E-state index contributed by atoms with van der Waals surface area (Å²) in [7, 11) is 0. The van der Waals surface area contributed by atoms with E-state index >= 15 is 0 Å². The van der Waals surface area contributed by atoms with Crippen LogP contribution >= 0.6 is 0 Å². The van der Waals surface area contributed by atoms with Crippen molar-refractivity contribution in [2.45, 2.75) is 52.7 Å². The first-order valence-corrected chi connectivity index (χ1v) is 12.3. The van der Waals surface area contributed by atoms with E-state index in [0.717, 1.165) is 0 Å². The van der Waals surface area contributed by atoms with E-state index in [1.54, 1.807) is 51.3 Å². The summed E-state index contributed by atoms with van der Waals surface area (Å²) < 4.78 is 10.9. The molecule has 1 heterocycles. The van der Waals surface area contributed by atoms with Crippen molar-refractivity contribution in [3.63, 3.8) is 0 Å². The molecule has 1 aliphatic rings. The Labute approximate surface area is 214 Å². The Bertz CT molecular complexity index is 669. The third-order valence-electron chi connectivity index (χ3n) is 5.19. The van der Waals surface area contributed by atoms with Crippen LogP contribution in [0.25, 0.3) is 0 Å². The van der Waals surface area contributed by atoms with Crippen LogP contribution in [0.1, 0.15) is 41.5 Å². The van der Waals surface area contributed by atoms with Crippen LogP contribution in [0.3, 0.4) is 0 Å². The van der Waals surface area contributed by atoms with Gasteiger partial charge >= 0.3 is 23.9 Å². The first-order valence-electron chi connectivity index (χ1n) is 12.3. The average molecular weight is 517 g/mol. The fourth-order valence-electron chi connectivity index (χ4n) is 3.71. The van der Waals surface area contributed by atoms with E-state index in [0.29, 0.717) is 52.4 Å². The van der Waals surface area contributed by atoms with Crippen molar-refractivity contribution >= 4 is 23.9 Å². The Hall–Kier alpha value is -2.28. The van der Waals surface area contributed by atoms with Crippen molar-refractivity contribution in [2.75, 3.05) is 78.5 Å². The summed E-state index contributed by atoms with van der Waals surface area (Å²) in [6.07, 6.45) is 0. The van der Waals surface area contributed by atoms with Gasteiger partial charge in [-0.25, -0.2) is 0 Å². The number of ether oxygens (including phenoxy) is 2. The van der Waals surface area contributed by atoms with Crippen molar-refractivity contribution in [3.8, 4) is 0 Å². The van der Waals surface area contributed by atoms with Gasteiger partial charge < -0.3 is 19.7 Å². The first kappa shape index (κ1) is 31.7. The van der Waals surface area contributed by atoms with Crippen LogP contribution in [0.15, 0.2) is 0 Å². The second-order valence-electron chi connectivity index (χ2n) is 11.1. The van der Waals surface area contributed by atoms with Gasteiger partial charge in [0.05, 0.1) is 26.2 Å². The fourth-order valence-corrected chi connectivity index (χ4v) is 3.71. The van der Waals surface area contributed by atoms with Crippen LogP contribution in [-0.4, -0.2) is 143 Å². The number of rotatable bonds is 8. The Balaban J connectivity index is 3.01. The fraction of sp³-hybridized carbons (Fsp3) is 0.833. The summed E-state index contributed by atoms with van der Waals surface area (Å²) in [4.78, 5) is 55.0. The van der Waals surface area contributed by atoms with E-state index in [2.05, 4.69) is 0 Å². The molecule has 1 rings (SSSR count). The SMILES string of the molecule is CC(C)(C)OC(=O)CN1CCN(CC(=O)O)CCN(CC(=O)OC(C)(C)C)CCN(CC(=O)O)CC1. The molecule has 12 nitrogen and oxygen atoms in total. The van der Waals surface area contributed by atoms with Gasteiger partial charge in [-0.3, -0.25) is 38.8 Å². The van der Waals surface area contributed by atoms with Crippen molar-refractivity contribution in [3.05, 3.63) is 0 Å². The van der Waals surface area contributed by atoms with Gasteiger partial charge in [-0.1, -0.05) is 0 Å². The van der Waals surface area contributed by atoms with Gasteiger partial charge in [-0.05, 0) is 41.5 Å². The lowest BCUT2D eigenvalue weighted by Gasteiger charge is -2.33. The van der Waals surface area contributed by atoms with Gasteiger partial charge in [0.25, 0.3) is 0 Å². The predicted molar refractivity (Wildman–Crippen MR) is 133 cm³/mol. The highest BCUT2D eigenvalue weighted by atomic mass is 16.6. The molecule has 1 fully saturated rings. The van der Waals surface area contributed by atoms with Crippen molar-refractivity contribution < 1.29 is 38.9 Å². The minimum atomic E-state index is -0.966. The van der Waals surface area contributed by atoms with E-state index in [1.807, 2.05) is 9.80 Å². The molecule has 1 saturated heterocycles. The molecular weight excluding hydrogens is 472 g/mol. The summed E-state index contributed by atoms with van der Waals surface area (Å²) >= 11 is 0. The third kappa shape index (κ3) is 15.7. The normalized spacial score (nSPS) is 18.6. The van der Waals surface area contributed by atoms with Gasteiger partial charge in [0, 0.05) is 52.4 Å². The molecule has 36 heavy (non-hydrogen) atoms. The number of carbonyl (C=O) groups is 4. The summed E-state index contributed by atoms with van der Waals surface area (Å²) in [6.45, 7) is 13.5. The molecule has 0 unspecified atom stereocenters. The minimum absolute atomic E-state index is 0.0177. The molecule has 0 aliphatic carbocycles. The molecule has 0 amide bonds. The second kappa shape index (κ2) is 14.5. The Morgan fingerprint density at radius 1 is 0.528 bits per heavy atom. The van der Waals surface area contributed by atoms with Crippen molar-refractivity contribution in [2.24, 2.45) is 0 Å². The van der Waals surface area contributed by atoms with Gasteiger partial charge in [-0.15, -0.1) is 0 Å². The van der Waals surface area contributed by atoms with E-state index < -0.39 is 35.1 Å². The number of hydrogen-bond donors (Lipinski definition) is 2. The van der Waals surface area contributed by atoms with Crippen LogP contribution in [0.4, 0.5) is 0 Å². The maximum Gasteiger partial charge on any atom is 0.320 e. The molecule has 0 atom stereocenters. The summed E-state index contributed by atoms with van der Waals surface area (Å²) in [5.74, 6) is -2.72. The van der Waals surface area contributed by atoms with Crippen LogP contribution in [-0.2, 0) is 28.7 Å². The molecule has 0 radical (unpaired) electrons. The van der Waals surface area contributed by atoms with Crippen LogP contribution < -0.4 is 0 Å². The number of carbonyl (C=O) groups excluding carboxylic acids is 2. The van der Waals surface area contributed by atoms with E-state index in [9.17, 15) is 29.4 Å². The van der Waals surface area contributed by atoms with Gasteiger partial charge in [0.15, 0.2) is 0 Å². The van der Waals surface area contributed by atoms with E-state index in [1.165, 1.54) is 0 Å². The lowest BCUT2D eigenvalue weighted by Crippen LogP contribution is -2.49. The number of esters is 2. The smallest absolute Gasteiger partial charge is 0.320 e. The highest BCUT2D eigenvalue weighted by Crippen LogP contribution is 2.10. The van der Waals surface area contributed by atoms with Gasteiger partial charge in [-0.2, -0.15) is 0 Å². The molecule has 0 aromatic rings. The molecule has 0 aromatic carbocycles. The average Bonchev–Trinajstić information content (AvgIpc) is 2.66. The zero-order valence-corrected chi connectivity index (χ0v) is 22.6. The Kier molecular flexibility index (Phi) is 12.8. The molecule has 2 N–H and O–H groups in total. The maximum atomic E-state index is 12.4. The summed E-state index contributed by atoms with van der Waals surface area (Å²) in [5, 5.41) is 18.7. The lowest BCUT2D eigenvalue weighted by atomic mass is 10.2. The first-order chi connectivity index (χ1) is 16.5. The molecule has 1 aliphatic heterocycles. The highest BCUT2D eigenvalue weighted by molar-refractivity contribution is 5.72. The zero-order valence-electron chi connectivity index (χ0n) is 22.6. The minimum Gasteiger partial charge on any atom is -0.480 e. The van der Waals surface area contributed by atoms with Crippen LogP contribution in [0, 0.1) is 0 Å². The lowest BCUT2D eigenvalue weighted by molar-refractivity contribution is -0.157. The largest absolute Gasteiger partial charge is 0.480 e. The number of carboxylic acid groups (broad SMARTS) is 2. The molecule has 0 saturated carbocycles. The number of nitrogens with zero attached hydrogens (tertiary/aromatic N) is 4. The second-order valence-corrected chi connectivity index (χ2v) is 11.1. The topological polar surface area (TPSA) is 140 Å². The quantitative estimate of drug-likeness (QED) is 0.422. The Morgan fingerprint density at radius 2 is 0.750 bits per heavy atom. The molecule has 12 heteroatoms. The number of carboxylic acids is 2. The Morgan fingerprint density at radius 3 is 0.944 bits per heavy atom. The summed E-state index contributed by atoms with van der Waals surface area (Å²) in [6, 6.07) is 0. The number of hydrogen-bond acceptors (Lipinski definition) is 10. The number of aliphatic carboxylic acids is 2. The predicted octanol–water partition coefficient (Wildman–Crippen LogP) is 0.0606. The highest BCUT2D eigenvalue weighted by Gasteiger charge is 2.24. The van der Waals surface area contributed by atoms with Gasteiger partial charge in [0.2, 0.25) is 0 Å². The van der Waals surface area contributed by atoms with Gasteiger partial charge in [0.1, 0.15) is 11.2 Å². The molecule has 0 spiro atoms. The molecule has 0 bridgehead atoms. The summed E-state index contributed by atoms with van der Waals surface area (Å²) in [5.41, 5.74) is -1.27. The van der Waals surface area contributed by atoms with E-state index in [-0.39, 0.29) is 26.2 Å². The maximum absolute atomic E-state index is 12.4. The molecule has 0 aromatic heterocycles. The zero-order chi connectivity index (χ0) is 27.5. The van der Waals surface area contributed by atoms with Crippen LogP contribution in [0.2, 0.25) is 0 Å². The van der Waals surface area contributed by atoms with Crippen molar-refractivity contribution in [1.29, 1.82) is 0 Å². The molecule has 208 valence electrons. The van der Waals surface area contributed by atoms with E-state index in [4.69, 9.17) is 9.47 Å². The third-order valence-corrected chi connectivity index (χ3v) is 5.19. The standard InChI is InChI=1S/C24H44N4O8/c1-23(2,3)35-21(33)17-27-11-7-25(15-19(29)30)9-13-28(18-22(34)36-24(4,5)6)14-10-26(8-12-27)16-20(31)32/h7-18H2,1-6H3,(H,29,30)(H,31,32). The van der Waals surface area contributed by atoms with Crippen LogP contribution in [0.5, 0.6) is 0 Å².